The van der Waals surface area contributed by atoms with Crippen molar-refractivity contribution in [3.8, 4) is 17.0 Å². The lowest BCUT2D eigenvalue weighted by atomic mass is 10.1. The number of carbonyl (C=O) groups is 1. The molecule has 160 valence electrons. The number of methoxy groups -OCH3 is 1. The van der Waals surface area contributed by atoms with Crippen LogP contribution in [0.25, 0.3) is 16.8 Å². The third kappa shape index (κ3) is 5.04. The summed E-state index contributed by atoms with van der Waals surface area (Å²) in [5.74, 6) is 0.986. The molecule has 3 aromatic rings. The Morgan fingerprint density at radius 3 is 2.60 bits per heavy atom. The highest BCUT2D eigenvalue weighted by Crippen LogP contribution is 2.21. The molecule has 0 atom stereocenters. The Balaban J connectivity index is 1.74. The molecular formula is C21H27N5O4. The third-order valence-electron chi connectivity index (χ3n) is 4.51. The van der Waals surface area contributed by atoms with Crippen molar-refractivity contribution in [3.63, 3.8) is 0 Å². The van der Waals surface area contributed by atoms with Gasteiger partial charge in [-0.15, -0.1) is 0 Å². The number of hydrogen-bond donors (Lipinski definition) is 1. The number of nitrogens with one attached hydrogen (secondary N) is 1. The zero-order valence-corrected chi connectivity index (χ0v) is 17.7. The first-order valence-corrected chi connectivity index (χ1v) is 9.89. The number of fused-ring (bicyclic) bond motifs is 1. The van der Waals surface area contributed by atoms with Gasteiger partial charge in [0.15, 0.2) is 0 Å². The number of aryl methyl sites for hydroxylation is 1. The SMILES string of the molecule is COc1ccc(-c2cc3c(=O)n(CC(=O)NCCCOC(C)C)nc(C)n3n2)cc1. The van der Waals surface area contributed by atoms with Crippen LogP contribution < -0.4 is 15.6 Å². The molecule has 0 aliphatic carbocycles. The van der Waals surface area contributed by atoms with Crippen LogP contribution in [0.5, 0.6) is 5.75 Å². The Bertz CT molecular complexity index is 1070. The molecule has 9 nitrogen and oxygen atoms in total. The van der Waals surface area contributed by atoms with Gasteiger partial charge in [0, 0.05) is 18.7 Å². The maximum Gasteiger partial charge on any atom is 0.293 e. The van der Waals surface area contributed by atoms with Gasteiger partial charge in [-0.3, -0.25) is 9.59 Å². The summed E-state index contributed by atoms with van der Waals surface area (Å²) >= 11 is 0. The second-order valence-electron chi connectivity index (χ2n) is 7.19. The second kappa shape index (κ2) is 9.53. The number of hydrogen-bond acceptors (Lipinski definition) is 6. The Morgan fingerprint density at radius 2 is 1.93 bits per heavy atom. The molecule has 0 saturated heterocycles. The van der Waals surface area contributed by atoms with E-state index < -0.39 is 0 Å². The van der Waals surface area contributed by atoms with Crippen molar-refractivity contribution in [2.24, 2.45) is 0 Å². The molecule has 0 saturated carbocycles. The number of aromatic nitrogens is 4. The molecule has 1 N–H and O–H groups in total. The van der Waals surface area contributed by atoms with Gasteiger partial charge in [0.25, 0.3) is 5.56 Å². The summed E-state index contributed by atoms with van der Waals surface area (Å²) in [5.41, 5.74) is 1.50. The zero-order valence-electron chi connectivity index (χ0n) is 17.7. The van der Waals surface area contributed by atoms with Gasteiger partial charge in [-0.25, -0.2) is 9.20 Å². The summed E-state index contributed by atoms with van der Waals surface area (Å²) < 4.78 is 13.3. The van der Waals surface area contributed by atoms with Crippen LogP contribution in [0.4, 0.5) is 0 Å². The molecule has 1 aromatic carbocycles. The van der Waals surface area contributed by atoms with E-state index in [-0.39, 0.29) is 24.1 Å². The fourth-order valence-electron chi connectivity index (χ4n) is 3.00. The van der Waals surface area contributed by atoms with E-state index >= 15 is 0 Å². The molecule has 0 spiro atoms. The summed E-state index contributed by atoms with van der Waals surface area (Å²) in [6, 6.07) is 9.12. The van der Waals surface area contributed by atoms with Crippen molar-refractivity contribution in [2.45, 2.75) is 39.8 Å². The number of nitrogens with zero attached hydrogens (tertiary/aromatic N) is 4. The van der Waals surface area contributed by atoms with Crippen LogP contribution in [0.1, 0.15) is 26.1 Å². The van der Waals surface area contributed by atoms with Crippen molar-refractivity contribution >= 4 is 11.4 Å². The molecular weight excluding hydrogens is 386 g/mol. The summed E-state index contributed by atoms with van der Waals surface area (Å²) in [6.07, 6.45) is 0.870. The van der Waals surface area contributed by atoms with Crippen LogP contribution in [-0.4, -0.2) is 51.7 Å². The summed E-state index contributed by atoms with van der Waals surface area (Å²) in [7, 11) is 1.60. The zero-order chi connectivity index (χ0) is 21.7. The predicted octanol–water partition coefficient (Wildman–Crippen LogP) is 1.81. The minimum absolute atomic E-state index is 0.149. The highest BCUT2D eigenvalue weighted by molar-refractivity contribution is 5.75. The van der Waals surface area contributed by atoms with Gasteiger partial charge in [-0.05, 0) is 57.5 Å². The first-order chi connectivity index (χ1) is 14.4. The monoisotopic (exact) mass is 413 g/mol. The fraction of sp³-hybridized carbons (Fsp3) is 0.429. The predicted molar refractivity (Wildman–Crippen MR) is 113 cm³/mol. The molecule has 0 aliphatic heterocycles. The molecule has 0 aliphatic rings. The van der Waals surface area contributed by atoms with E-state index in [4.69, 9.17) is 9.47 Å². The molecule has 30 heavy (non-hydrogen) atoms. The first kappa shape index (κ1) is 21.5. The lowest BCUT2D eigenvalue weighted by Gasteiger charge is -2.09. The average molecular weight is 413 g/mol. The quantitative estimate of drug-likeness (QED) is 0.537. The van der Waals surface area contributed by atoms with Crippen LogP contribution in [0.2, 0.25) is 0 Å². The molecule has 3 rings (SSSR count). The molecule has 2 aromatic heterocycles. The molecule has 0 radical (unpaired) electrons. The van der Waals surface area contributed by atoms with E-state index in [1.165, 1.54) is 9.20 Å². The van der Waals surface area contributed by atoms with Gasteiger partial charge < -0.3 is 14.8 Å². The average Bonchev–Trinajstić information content (AvgIpc) is 3.18. The highest BCUT2D eigenvalue weighted by atomic mass is 16.5. The van der Waals surface area contributed by atoms with Crippen LogP contribution in [-0.2, 0) is 16.1 Å². The smallest absolute Gasteiger partial charge is 0.293 e. The number of rotatable bonds is 9. The standard InChI is InChI=1S/C21H27N5O4/c1-14(2)30-11-5-10-22-20(27)13-25-21(28)19-12-18(24-26(19)15(3)23-25)16-6-8-17(29-4)9-7-16/h6-9,12,14H,5,10-11,13H2,1-4H3,(H,22,27). The Hall–Kier alpha value is -3.20. The van der Waals surface area contributed by atoms with Crippen LogP contribution in [0, 0.1) is 6.92 Å². The van der Waals surface area contributed by atoms with Crippen LogP contribution in [0.3, 0.4) is 0 Å². The van der Waals surface area contributed by atoms with Gasteiger partial charge in [0.05, 0.1) is 18.9 Å². The highest BCUT2D eigenvalue weighted by Gasteiger charge is 2.14. The van der Waals surface area contributed by atoms with Gasteiger partial charge in [-0.1, -0.05) is 0 Å². The maximum absolute atomic E-state index is 12.8. The van der Waals surface area contributed by atoms with Crippen molar-refractivity contribution < 1.29 is 14.3 Å². The van der Waals surface area contributed by atoms with Crippen LogP contribution in [0.15, 0.2) is 35.1 Å². The number of amides is 1. The van der Waals surface area contributed by atoms with Crippen molar-refractivity contribution in [1.82, 2.24) is 24.7 Å². The maximum atomic E-state index is 12.8. The van der Waals surface area contributed by atoms with Crippen LogP contribution >= 0.6 is 0 Å². The van der Waals surface area contributed by atoms with Crippen molar-refractivity contribution in [3.05, 3.63) is 46.5 Å². The summed E-state index contributed by atoms with van der Waals surface area (Å²) in [5, 5.41) is 11.5. The Morgan fingerprint density at radius 1 is 1.20 bits per heavy atom. The molecule has 9 heteroatoms. The molecule has 2 heterocycles. The van der Waals surface area contributed by atoms with E-state index in [1.54, 1.807) is 20.1 Å². The van der Waals surface area contributed by atoms with Gasteiger partial charge in [0.2, 0.25) is 5.91 Å². The lowest BCUT2D eigenvalue weighted by Crippen LogP contribution is -2.35. The van der Waals surface area contributed by atoms with E-state index in [0.717, 1.165) is 11.3 Å². The van der Waals surface area contributed by atoms with E-state index in [1.807, 2.05) is 38.1 Å². The fourth-order valence-corrected chi connectivity index (χ4v) is 3.00. The molecule has 0 fully saturated rings. The largest absolute Gasteiger partial charge is 0.497 e. The number of benzene rings is 1. The van der Waals surface area contributed by atoms with E-state index in [2.05, 4.69) is 15.5 Å². The minimum atomic E-state index is -0.369. The van der Waals surface area contributed by atoms with Crippen molar-refractivity contribution in [1.29, 1.82) is 0 Å². The molecule has 0 unspecified atom stereocenters. The molecule has 0 bridgehead atoms. The Labute approximate surface area is 174 Å². The van der Waals surface area contributed by atoms with Crippen molar-refractivity contribution in [2.75, 3.05) is 20.3 Å². The normalized spacial score (nSPS) is 11.2. The van der Waals surface area contributed by atoms with E-state index in [0.29, 0.717) is 36.6 Å². The van der Waals surface area contributed by atoms with Gasteiger partial charge in [0.1, 0.15) is 23.6 Å². The van der Waals surface area contributed by atoms with Gasteiger partial charge >= 0.3 is 0 Å². The topological polar surface area (TPSA) is 99.8 Å². The van der Waals surface area contributed by atoms with E-state index in [9.17, 15) is 9.59 Å². The Kier molecular flexibility index (Phi) is 6.83. The third-order valence-corrected chi connectivity index (χ3v) is 4.51. The lowest BCUT2D eigenvalue weighted by molar-refractivity contribution is -0.121. The second-order valence-corrected chi connectivity index (χ2v) is 7.19. The van der Waals surface area contributed by atoms with Gasteiger partial charge in [-0.2, -0.15) is 10.2 Å². The first-order valence-electron chi connectivity index (χ1n) is 9.89. The minimum Gasteiger partial charge on any atom is -0.497 e. The number of ether oxygens (including phenoxy) is 2. The summed E-state index contributed by atoms with van der Waals surface area (Å²) in [4.78, 5) is 25.0. The number of carbonyl (C=O) groups excluding carboxylic acids is 1. The summed E-state index contributed by atoms with van der Waals surface area (Å²) in [6.45, 7) is 6.58. The molecule has 1 amide bonds.